The molecular weight excluding hydrogens is 417 g/mol. The molecule has 0 saturated carbocycles. The Morgan fingerprint density at radius 2 is 2.00 bits per heavy atom. The summed E-state index contributed by atoms with van der Waals surface area (Å²) < 4.78 is 0. The van der Waals surface area contributed by atoms with Crippen LogP contribution in [0.5, 0.6) is 0 Å². The second-order valence-electron chi connectivity index (χ2n) is 6.49. The van der Waals surface area contributed by atoms with Crippen molar-refractivity contribution in [3.8, 4) is 0 Å². The number of nitrogens with zero attached hydrogens (tertiary/aromatic N) is 2. The average molecular weight is 436 g/mol. The van der Waals surface area contributed by atoms with Crippen molar-refractivity contribution in [3.63, 3.8) is 0 Å². The van der Waals surface area contributed by atoms with Crippen LogP contribution in [0.2, 0.25) is 10.0 Å². The topological polar surface area (TPSA) is 61.8 Å². The molecule has 0 bridgehead atoms. The lowest BCUT2D eigenvalue weighted by Gasteiger charge is -2.11. The molecule has 1 heterocycles. The number of rotatable bonds is 4. The van der Waals surface area contributed by atoms with Gasteiger partial charge >= 0.3 is 0 Å². The van der Waals surface area contributed by atoms with Crippen molar-refractivity contribution >= 4 is 63.3 Å². The summed E-state index contributed by atoms with van der Waals surface area (Å²) in [5, 5.41) is 4.09. The van der Waals surface area contributed by atoms with E-state index < -0.39 is 5.25 Å². The zero-order valence-corrected chi connectivity index (χ0v) is 18.0. The fraction of sp³-hybridized carbons (Fsp3) is 0.250. The van der Waals surface area contributed by atoms with Gasteiger partial charge in [0.2, 0.25) is 11.8 Å². The standard InChI is InChI=1S/C20H19Cl2N3O2S/c1-11-9-13(21)7-8-15(11)24-20-25(3)19(27)17(28-20)10-18(26)23-16-6-4-5-14(22)12(16)2/h4-9,17H,10H2,1-3H3,(H,23,26). The van der Waals surface area contributed by atoms with Crippen LogP contribution >= 0.6 is 35.0 Å². The first-order chi connectivity index (χ1) is 13.3. The lowest BCUT2D eigenvalue weighted by atomic mass is 10.2. The van der Waals surface area contributed by atoms with E-state index in [1.165, 1.54) is 16.7 Å². The van der Waals surface area contributed by atoms with E-state index in [0.717, 1.165) is 16.8 Å². The molecule has 146 valence electrons. The molecule has 1 aliphatic rings. The Hall–Kier alpha value is -2.02. The number of halogens is 2. The molecule has 0 aromatic heterocycles. The Labute approximate surface area is 178 Å². The Balaban J connectivity index is 1.72. The molecule has 1 saturated heterocycles. The van der Waals surface area contributed by atoms with Gasteiger partial charge in [-0.3, -0.25) is 14.5 Å². The smallest absolute Gasteiger partial charge is 0.242 e. The van der Waals surface area contributed by atoms with E-state index in [0.29, 0.717) is 20.9 Å². The minimum absolute atomic E-state index is 0.0540. The molecule has 2 aromatic rings. The van der Waals surface area contributed by atoms with Crippen molar-refractivity contribution in [2.75, 3.05) is 12.4 Å². The zero-order chi connectivity index (χ0) is 20.4. The Morgan fingerprint density at radius 1 is 1.25 bits per heavy atom. The summed E-state index contributed by atoms with van der Waals surface area (Å²) in [6, 6.07) is 10.7. The lowest BCUT2D eigenvalue weighted by Crippen LogP contribution is -2.30. The number of hydrogen-bond donors (Lipinski definition) is 1. The maximum atomic E-state index is 12.6. The summed E-state index contributed by atoms with van der Waals surface area (Å²) in [6.07, 6.45) is 0.0540. The van der Waals surface area contributed by atoms with Crippen molar-refractivity contribution in [3.05, 3.63) is 57.6 Å². The number of carbonyl (C=O) groups is 2. The average Bonchev–Trinajstić information content (AvgIpc) is 2.89. The number of carbonyl (C=O) groups excluding carboxylic acids is 2. The normalized spacial score (nSPS) is 18.0. The van der Waals surface area contributed by atoms with Gasteiger partial charge in [-0.25, -0.2) is 4.99 Å². The van der Waals surface area contributed by atoms with E-state index in [4.69, 9.17) is 23.2 Å². The summed E-state index contributed by atoms with van der Waals surface area (Å²) in [4.78, 5) is 31.1. The van der Waals surface area contributed by atoms with Crippen LogP contribution in [0.1, 0.15) is 17.5 Å². The molecule has 1 fully saturated rings. The maximum Gasteiger partial charge on any atom is 0.242 e. The highest BCUT2D eigenvalue weighted by Crippen LogP contribution is 2.32. The highest BCUT2D eigenvalue weighted by molar-refractivity contribution is 8.15. The van der Waals surface area contributed by atoms with Gasteiger partial charge in [0.05, 0.1) is 5.69 Å². The van der Waals surface area contributed by atoms with Crippen molar-refractivity contribution < 1.29 is 9.59 Å². The summed E-state index contributed by atoms with van der Waals surface area (Å²) in [6.45, 7) is 3.74. The van der Waals surface area contributed by atoms with E-state index in [1.807, 2.05) is 26.0 Å². The molecule has 3 rings (SSSR count). The van der Waals surface area contributed by atoms with Gasteiger partial charge in [-0.15, -0.1) is 0 Å². The van der Waals surface area contributed by atoms with Crippen LogP contribution < -0.4 is 5.32 Å². The molecule has 2 aromatic carbocycles. The first-order valence-corrected chi connectivity index (χ1v) is 10.2. The molecule has 28 heavy (non-hydrogen) atoms. The van der Waals surface area contributed by atoms with Gasteiger partial charge in [0.15, 0.2) is 5.17 Å². The first-order valence-electron chi connectivity index (χ1n) is 8.60. The predicted octanol–water partition coefficient (Wildman–Crippen LogP) is 5.20. The van der Waals surface area contributed by atoms with Crippen molar-refractivity contribution in [2.45, 2.75) is 25.5 Å². The highest BCUT2D eigenvalue weighted by atomic mass is 35.5. The van der Waals surface area contributed by atoms with Gasteiger partial charge in [-0.05, 0) is 55.3 Å². The predicted molar refractivity (Wildman–Crippen MR) is 117 cm³/mol. The Morgan fingerprint density at radius 3 is 2.71 bits per heavy atom. The van der Waals surface area contributed by atoms with E-state index in [1.54, 1.807) is 31.3 Å². The quantitative estimate of drug-likeness (QED) is 0.717. The van der Waals surface area contributed by atoms with E-state index in [-0.39, 0.29) is 18.2 Å². The van der Waals surface area contributed by atoms with Crippen LogP contribution in [0.15, 0.2) is 41.4 Å². The van der Waals surface area contributed by atoms with Crippen LogP contribution in [-0.2, 0) is 9.59 Å². The third-order valence-corrected chi connectivity index (χ3v) is 6.30. The van der Waals surface area contributed by atoms with Gasteiger partial charge in [0, 0.05) is 29.2 Å². The van der Waals surface area contributed by atoms with Crippen LogP contribution in [0.4, 0.5) is 11.4 Å². The zero-order valence-electron chi connectivity index (χ0n) is 15.6. The monoisotopic (exact) mass is 435 g/mol. The van der Waals surface area contributed by atoms with Crippen LogP contribution in [0.25, 0.3) is 0 Å². The van der Waals surface area contributed by atoms with Gasteiger partial charge in [-0.1, -0.05) is 41.0 Å². The molecule has 8 heteroatoms. The molecule has 2 amide bonds. The number of amides is 2. The van der Waals surface area contributed by atoms with Crippen LogP contribution in [0.3, 0.4) is 0 Å². The van der Waals surface area contributed by atoms with Crippen molar-refractivity contribution in [2.24, 2.45) is 4.99 Å². The molecule has 1 unspecified atom stereocenters. The number of aliphatic imine (C=N–C) groups is 1. The second-order valence-corrected chi connectivity index (χ2v) is 8.51. The van der Waals surface area contributed by atoms with Crippen LogP contribution in [-0.4, -0.2) is 34.2 Å². The summed E-state index contributed by atoms with van der Waals surface area (Å²) >= 11 is 13.4. The SMILES string of the molecule is Cc1cc(Cl)ccc1N=C1SC(CC(=O)Nc2cccc(Cl)c2C)C(=O)N1C. The van der Waals surface area contributed by atoms with Gasteiger partial charge in [0.1, 0.15) is 5.25 Å². The van der Waals surface area contributed by atoms with Crippen molar-refractivity contribution in [1.29, 1.82) is 0 Å². The largest absolute Gasteiger partial charge is 0.326 e. The first kappa shape index (κ1) is 20.7. The van der Waals surface area contributed by atoms with Crippen LogP contribution in [0, 0.1) is 13.8 Å². The molecule has 5 nitrogen and oxygen atoms in total. The lowest BCUT2D eigenvalue weighted by molar-refractivity contribution is -0.127. The minimum atomic E-state index is -0.518. The van der Waals surface area contributed by atoms with E-state index in [9.17, 15) is 9.59 Å². The molecule has 1 atom stereocenters. The van der Waals surface area contributed by atoms with Gasteiger partial charge in [0.25, 0.3) is 0 Å². The number of benzene rings is 2. The Bertz CT molecular complexity index is 978. The Kier molecular flexibility index (Phi) is 6.33. The van der Waals surface area contributed by atoms with Gasteiger partial charge in [-0.2, -0.15) is 0 Å². The fourth-order valence-corrected chi connectivity index (χ4v) is 4.31. The molecule has 0 aliphatic carbocycles. The number of amidine groups is 1. The molecule has 0 spiro atoms. The summed E-state index contributed by atoms with van der Waals surface area (Å²) in [5.74, 6) is -0.387. The third kappa shape index (κ3) is 4.51. The third-order valence-electron chi connectivity index (χ3n) is 4.43. The minimum Gasteiger partial charge on any atom is -0.326 e. The molecule has 0 radical (unpaired) electrons. The molecular formula is C20H19Cl2N3O2S. The fourth-order valence-electron chi connectivity index (χ4n) is 2.76. The van der Waals surface area contributed by atoms with E-state index >= 15 is 0 Å². The number of anilines is 1. The second kappa shape index (κ2) is 8.55. The number of thioether (sulfide) groups is 1. The van der Waals surface area contributed by atoms with Crippen molar-refractivity contribution in [1.82, 2.24) is 4.90 Å². The number of hydrogen-bond acceptors (Lipinski definition) is 4. The highest BCUT2D eigenvalue weighted by Gasteiger charge is 2.37. The molecule has 1 N–H and O–H groups in total. The maximum absolute atomic E-state index is 12.6. The summed E-state index contributed by atoms with van der Waals surface area (Å²) in [7, 11) is 1.67. The number of aryl methyl sites for hydroxylation is 1. The number of nitrogens with one attached hydrogen (secondary N) is 1. The van der Waals surface area contributed by atoms with E-state index in [2.05, 4.69) is 10.3 Å². The summed E-state index contributed by atoms with van der Waals surface area (Å²) in [5.41, 5.74) is 3.10. The van der Waals surface area contributed by atoms with Gasteiger partial charge < -0.3 is 5.32 Å². The molecule has 1 aliphatic heterocycles.